The molecule has 3 nitrogen and oxygen atoms in total. The van der Waals surface area contributed by atoms with Gasteiger partial charge in [0.05, 0.1) is 23.3 Å². The Balaban J connectivity index is 2.07. The van der Waals surface area contributed by atoms with Crippen LogP contribution in [0.2, 0.25) is 0 Å². The van der Waals surface area contributed by atoms with Crippen molar-refractivity contribution in [2.75, 3.05) is 5.32 Å². The second kappa shape index (κ2) is 5.52. The summed E-state index contributed by atoms with van der Waals surface area (Å²) in [7, 11) is 0. The lowest BCUT2D eigenvalue weighted by Crippen LogP contribution is -2.01. The predicted molar refractivity (Wildman–Crippen MR) is 69.6 cm³/mol. The van der Waals surface area contributed by atoms with Crippen LogP contribution in [0.15, 0.2) is 48.5 Å². The number of rotatable bonds is 3. The van der Waals surface area contributed by atoms with Crippen molar-refractivity contribution in [3.63, 3.8) is 0 Å². The van der Waals surface area contributed by atoms with Gasteiger partial charge in [-0.2, -0.15) is 10.5 Å². The Morgan fingerprint density at radius 2 is 1.61 bits per heavy atom. The minimum absolute atomic E-state index is 0.593. The molecular weight excluding hydrogens is 222 g/mol. The van der Waals surface area contributed by atoms with E-state index >= 15 is 0 Å². The number of hydrogen-bond donors (Lipinski definition) is 1. The summed E-state index contributed by atoms with van der Waals surface area (Å²) in [5.41, 5.74) is 3.21. The lowest BCUT2D eigenvalue weighted by Gasteiger charge is -2.07. The van der Waals surface area contributed by atoms with E-state index in [0.717, 1.165) is 11.3 Å². The van der Waals surface area contributed by atoms with E-state index in [1.807, 2.05) is 30.3 Å². The fourth-order valence-electron chi connectivity index (χ4n) is 1.64. The molecule has 0 atom stereocenters. The Labute approximate surface area is 106 Å². The molecule has 0 aliphatic carbocycles. The molecule has 0 amide bonds. The molecule has 3 heteroatoms. The number of nitriles is 2. The van der Waals surface area contributed by atoms with Crippen LogP contribution in [0.1, 0.15) is 16.7 Å². The van der Waals surface area contributed by atoms with Gasteiger partial charge >= 0.3 is 0 Å². The van der Waals surface area contributed by atoms with Gasteiger partial charge in [0.2, 0.25) is 0 Å². The molecule has 0 spiro atoms. The van der Waals surface area contributed by atoms with E-state index in [4.69, 9.17) is 10.5 Å². The van der Waals surface area contributed by atoms with E-state index in [0.29, 0.717) is 17.7 Å². The molecule has 0 aliphatic rings. The van der Waals surface area contributed by atoms with Gasteiger partial charge in [-0.15, -0.1) is 0 Å². The molecule has 2 aromatic rings. The van der Waals surface area contributed by atoms with Crippen LogP contribution in [0.25, 0.3) is 0 Å². The summed E-state index contributed by atoms with van der Waals surface area (Å²) in [6, 6.07) is 19.0. The van der Waals surface area contributed by atoms with Crippen LogP contribution < -0.4 is 5.32 Å². The van der Waals surface area contributed by atoms with E-state index in [-0.39, 0.29) is 0 Å². The zero-order valence-electron chi connectivity index (χ0n) is 9.72. The van der Waals surface area contributed by atoms with Crippen molar-refractivity contribution in [2.45, 2.75) is 6.54 Å². The standard InChI is InChI=1S/C15H11N3/c16-9-12-5-7-15(8-6-12)18-11-14-4-2-1-3-13(14)10-17/h1-8,18H,11H2. The van der Waals surface area contributed by atoms with Crippen molar-refractivity contribution in [2.24, 2.45) is 0 Å². The maximum atomic E-state index is 8.97. The quantitative estimate of drug-likeness (QED) is 0.886. The van der Waals surface area contributed by atoms with Crippen LogP contribution >= 0.6 is 0 Å². The van der Waals surface area contributed by atoms with E-state index in [9.17, 15) is 0 Å². The molecule has 0 unspecified atom stereocenters. The average Bonchev–Trinajstić information content (AvgIpc) is 2.46. The molecule has 0 heterocycles. The minimum Gasteiger partial charge on any atom is -0.381 e. The molecule has 1 N–H and O–H groups in total. The highest BCUT2D eigenvalue weighted by atomic mass is 14.9. The molecule has 2 aromatic carbocycles. The van der Waals surface area contributed by atoms with Crippen molar-refractivity contribution < 1.29 is 0 Å². The second-order valence-electron chi connectivity index (χ2n) is 3.81. The first-order valence-electron chi connectivity index (χ1n) is 5.55. The third-order valence-electron chi connectivity index (χ3n) is 2.63. The molecule has 2 rings (SSSR count). The molecule has 0 radical (unpaired) electrons. The first-order valence-corrected chi connectivity index (χ1v) is 5.55. The summed E-state index contributed by atoms with van der Waals surface area (Å²) in [6.07, 6.45) is 0. The Morgan fingerprint density at radius 1 is 0.889 bits per heavy atom. The summed E-state index contributed by atoms with van der Waals surface area (Å²) in [6.45, 7) is 0.593. The first-order chi connectivity index (χ1) is 8.83. The van der Waals surface area contributed by atoms with Crippen LogP contribution in [0.4, 0.5) is 5.69 Å². The summed E-state index contributed by atoms with van der Waals surface area (Å²) < 4.78 is 0. The summed E-state index contributed by atoms with van der Waals surface area (Å²) in [5, 5.41) is 20.9. The predicted octanol–water partition coefficient (Wildman–Crippen LogP) is 3.04. The van der Waals surface area contributed by atoms with Crippen molar-refractivity contribution in [3.8, 4) is 12.1 Å². The van der Waals surface area contributed by atoms with Crippen LogP contribution in [0, 0.1) is 22.7 Å². The van der Waals surface area contributed by atoms with Gasteiger partial charge < -0.3 is 5.32 Å². The van der Waals surface area contributed by atoms with E-state index in [2.05, 4.69) is 17.5 Å². The molecule has 86 valence electrons. The topological polar surface area (TPSA) is 59.6 Å². The lowest BCUT2D eigenvalue weighted by atomic mass is 10.1. The van der Waals surface area contributed by atoms with Gasteiger partial charge in [-0.05, 0) is 35.9 Å². The van der Waals surface area contributed by atoms with E-state index in [1.54, 1.807) is 18.2 Å². The van der Waals surface area contributed by atoms with Crippen LogP contribution in [-0.4, -0.2) is 0 Å². The molecule has 0 aromatic heterocycles. The van der Waals surface area contributed by atoms with Gasteiger partial charge in [0.25, 0.3) is 0 Å². The largest absolute Gasteiger partial charge is 0.381 e. The molecule has 0 fully saturated rings. The maximum Gasteiger partial charge on any atom is 0.0995 e. The minimum atomic E-state index is 0.593. The third-order valence-corrected chi connectivity index (χ3v) is 2.63. The number of anilines is 1. The number of benzene rings is 2. The zero-order chi connectivity index (χ0) is 12.8. The van der Waals surface area contributed by atoms with Gasteiger partial charge in [0, 0.05) is 12.2 Å². The number of nitrogens with one attached hydrogen (secondary N) is 1. The Morgan fingerprint density at radius 3 is 2.28 bits per heavy atom. The van der Waals surface area contributed by atoms with Gasteiger partial charge in [-0.25, -0.2) is 0 Å². The fourth-order valence-corrected chi connectivity index (χ4v) is 1.64. The second-order valence-corrected chi connectivity index (χ2v) is 3.81. The molecule has 0 bridgehead atoms. The van der Waals surface area contributed by atoms with Gasteiger partial charge in [-0.3, -0.25) is 0 Å². The third kappa shape index (κ3) is 2.66. The van der Waals surface area contributed by atoms with Crippen LogP contribution in [-0.2, 0) is 6.54 Å². The van der Waals surface area contributed by atoms with Crippen LogP contribution in [0.3, 0.4) is 0 Å². The molecule has 0 aliphatic heterocycles. The zero-order valence-corrected chi connectivity index (χ0v) is 9.72. The highest BCUT2D eigenvalue weighted by molar-refractivity contribution is 5.48. The monoisotopic (exact) mass is 233 g/mol. The normalized spacial score (nSPS) is 9.22. The Hall–Kier alpha value is -2.78. The Bertz CT molecular complexity index is 615. The Kier molecular flexibility index (Phi) is 3.59. The molecule has 0 saturated heterocycles. The van der Waals surface area contributed by atoms with Crippen LogP contribution in [0.5, 0.6) is 0 Å². The fraction of sp³-hybridized carbons (Fsp3) is 0.0667. The number of nitrogens with zero attached hydrogens (tertiary/aromatic N) is 2. The highest BCUT2D eigenvalue weighted by Crippen LogP contribution is 2.13. The van der Waals surface area contributed by atoms with Crippen molar-refractivity contribution in [1.82, 2.24) is 0 Å². The average molecular weight is 233 g/mol. The molecule has 0 saturated carbocycles. The van der Waals surface area contributed by atoms with E-state index in [1.165, 1.54) is 0 Å². The summed E-state index contributed by atoms with van der Waals surface area (Å²) in [5.74, 6) is 0. The lowest BCUT2D eigenvalue weighted by molar-refractivity contribution is 1.14. The maximum absolute atomic E-state index is 8.97. The van der Waals surface area contributed by atoms with Gasteiger partial charge in [0.1, 0.15) is 0 Å². The van der Waals surface area contributed by atoms with Crippen molar-refractivity contribution in [3.05, 3.63) is 65.2 Å². The van der Waals surface area contributed by atoms with Crippen molar-refractivity contribution >= 4 is 5.69 Å². The summed E-state index contributed by atoms with van der Waals surface area (Å²) >= 11 is 0. The molecule has 18 heavy (non-hydrogen) atoms. The SMILES string of the molecule is N#Cc1ccc(NCc2ccccc2C#N)cc1. The van der Waals surface area contributed by atoms with E-state index < -0.39 is 0 Å². The van der Waals surface area contributed by atoms with Gasteiger partial charge in [0.15, 0.2) is 0 Å². The van der Waals surface area contributed by atoms with Gasteiger partial charge in [-0.1, -0.05) is 18.2 Å². The van der Waals surface area contributed by atoms with Crippen molar-refractivity contribution in [1.29, 1.82) is 10.5 Å². The smallest absolute Gasteiger partial charge is 0.0995 e. The number of hydrogen-bond acceptors (Lipinski definition) is 3. The highest BCUT2D eigenvalue weighted by Gasteiger charge is 2.00. The summed E-state index contributed by atoms with van der Waals surface area (Å²) in [4.78, 5) is 0. The first kappa shape index (κ1) is 11.7. The molecular formula is C15H11N3.